The summed E-state index contributed by atoms with van der Waals surface area (Å²) in [6.45, 7) is 3.50. The molecule has 0 aliphatic carbocycles. The van der Waals surface area contributed by atoms with E-state index in [0.717, 1.165) is 5.75 Å². The van der Waals surface area contributed by atoms with E-state index in [0.29, 0.717) is 42.3 Å². The molecule has 0 amide bonds. The average Bonchev–Trinajstić information content (AvgIpc) is 2.95. The third-order valence-corrected chi connectivity index (χ3v) is 3.53. The van der Waals surface area contributed by atoms with Gasteiger partial charge in [-0.1, -0.05) is 0 Å². The number of esters is 1. The minimum atomic E-state index is -0.394. The second kappa shape index (κ2) is 8.18. The molecule has 0 fully saturated rings. The number of nitrogens with zero attached hydrogens (tertiary/aromatic N) is 2. The topological polar surface area (TPSA) is 75.7 Å². The maximum Gasteiger partial charge on any atom is 0.341 e. The number of likely N-dealkylation sites (N-methyl/N-ethyl adjacent to an activating group) is 1. The Kier molecular flexibility index (Phi) is 5.99. The highest BCUT2D eigenvalue weighted by atomic mass is 16.5. The Balaban J connectivity index is 1.81. The zero-order chi connectivity index (χ0) is 17.5. The van der Waals surface area contributed by atoms with Crippen LogP contribution in [0.2, 0.25) is 0 Å². The molecule has 24 heavy (non-hydrogen) atoms. The number of benzene rings is 1. The maximum atomic E-state index is 11.6. The Morgan fingerprint density at radius 2 is 2.04 bits per heavy atom. The summed E-state index contributed by atoms with van der Waals surface area (Å²) < 4.78 is 15.9. The van der Waals surface area contributed by atoms with Gasteiger partial charge in [-0.2, -0.15) is 5.26 Å². The first-order chi connectivity index (χ1) is 11.5. The Morgan fingerprint density at radius 3 is 2.67 bits per heavy atom. The molecule has 0 N–H and O–H groups in total. The van der Waals surface area contributed by atoms with Crippen molar-refractivity contribution in [1.29, 1.82) is 5.26 Å². The number of carbonyl (C=O) groups excluding carboxylic acids is 1. The van der Waals surface area contributed by atoms with Crippen LogP contribution in [-0.4, -0.2) is 38.2 Å². The number of methoxy groups -OCH3 is 1. The lowest BCUT2D eigenvalue weighted by Crippen LogP contribution is -2.23. The lowest BCUT2D eigenvalue weighted by atomic mass is 10.2. The average molecular weight is 328 g/mol. The number of carbonyl (C=O) groups is 1. The Morgan fingerprint density at radius 1 is 1.33 bits per heavy atom. The van der Waals surface area contributed by atoms with Gasteiger partial charge in [0, 0.05) is 6.54 Å². The van der Waals surface area contributed by atoms with Crippen LogP contribution < -0.4 is 4.74 Å². The fraction of sp³-hybridized carbons (Fsp3) is 0.333. The number of hydrogen-bond donors (Lipinski definition) is 0. The van der Waals surface area contributed by atoms with Gasteiger partial charge in [0.25, 0.3) is 0 Å². The third-order valence-electron chi connectivity index (χ3n) is 3.53. The molecule has 1 heterocycles. The molecule has 0 saturated carbocycles. The molecule has 0 aliphatic heterocycles. The highest BCUT2D eigenvalue weighted by Gasteiger charge is 2.16. The van der Waals surface area contributed by atoms with Crippen molar-refractivity contribution in [3.63, 3.8) is 0 Å². The number of rotatable bonds is 7. The number of hydrogen-bond acceptors (Lipinski definition) is 6. The molecule has 126 valence electrons. The summed E-state index contributed by atoms with van der Waals surface area (Å²) in [7, 11) is 3.29. The summed E-state index contributed by atoms with van der Waals surface area (Å²) >= 11 is 0. The monoisotopic (exact) mass is 328 g/mol. The van der Waals surface area contributed by atoms with Gasteiger partial charge in [0.05, 0.1) is 25.3 Å². The van der Waals surface area contributed by atoms with Crippen molar-refractivity contribution in [1.82, 2.24) is 4.90 Å². The second-order valence-corrected chi connectivity index (χ2v) is 5.40. The van der Waals surface area contributed by atoms with Crippen molar-refractivity contribution in [2.45, 2.75) is 13.5 Å². The number of furan rings is 1. The largest absolute Gasteiger partial charge is 0.492 e. The van der Waals surface area contributed by atoms with Crippen LogP contribution in [0.4, 0.5) is 0 Å². The molecule has 2 rings (SSSR count). The van der Waals surface area contributed by atoms with Crippen molar-refractivity contribution in [3.05, 3.63) is 53.0 Å². The van der Waals surface area contributed by atoms with Crippen LogP contribution in [0, 0.1) is 18.3 Å². The van der Waals surface area contributed by atoms with Crippen LogP contribution in [0.5, 0.6) is 5.75 Å². The van der Waals surface area contributed by atoms with E-state index in [4.69, 9.17) is 19.2 Å². The molecule has 6 nitrogen and oxygen atoms in total. The molecule has 0 unspecified atom stereocenters. The van der Waals surface area contributed by atoms with Gasteiger partial charge in [0.2, 0.25) is 0 Å². The molecule has 6 heteroatoms. The number of aryl methyl sites for hydroxylation is 1. The summed E-state index contributed by atoms with van der Waals surface area (Å²) in [6, 6.07) is 10.8. The Hall–Kier alpha value is -2.78. The molecule has 0 aliphatic rings. The Labute approximate surface area is 141 Å². The van der Waals surface area contributed by atoms with Gasteiger partial charge in [-0.25, -0.2) is 4.79 Å². The van der Waals surface area contributed by atoms with Gasteiger partial charge in [-0.15, -0.1) is 0 Å². The summed E-state index contributed by atoms with van der Waals surface area (Å²) in [6.07, 6.45) is 0. The van der Waals surface area contributed by atoms with E-state index >= 15 is 0 Å². The minimum absolute atomic E-state index is 0.394. The minimum Gasteiger partial charge on any atom is -0.492 e. The highest BCUT2D eigenvalue weighted by molar-refractivity contribution is 5.90. The van der Waals surface area contributed by atoms with Gasteiger partial charge in [-0.05, 0) is 44.3 Å². The van der Waals surface area contributed by atoms with E-state index in [9.17, 15) is 4.79 Å². The van der Waals surface area contributed by atoms with Crippen molar-refractivity contribution < 1.29 is 18.7 Å². The van der Waals surface area contributed by atoms with Gasteiger partial charge in [-0.3, -0.25) is 4.90 Å². The molecule has 0 bridgehead atoms. The smallest absolute Gasteiger partial charge is 0.341 e. The summed E-state index contributed by atoms with van der Waals surface area (Å²) in [4.78, 5) is 13.6. The lowest BCUT2D eigenvalue weighted by molar-refractivity contribution is 0.0599. The van der Waals surface area contributed by atoms with Crippen LogP contribution in [-0.2, 0) is 11.3 Å². The second-order valence-electron chi connectivity index (χ2n) is 5.40. The normalized spacial score (nSPS) is 10.5. The first kappa shape index (κ1) is 17.6. The molecule has 0 radical (unpaired) electrons. The van der Waals surface area contributed by atoms with Crippen LogP contribution in [0.3, 0.4) is 0 Å². The predicted octanol–water partition coefficient (Wildman–Crippen LogP) is 2.76. The summed E-state index contributed by atoms with van der Waals surface area (Å²) in [5.41, 5.74) is 1.06. The molecule has 1 aromatic heterocycles. The van der Waals surface area contributed by atoms with Gasteiger partial charge >= 0.3 is 5.97 Å². The first-order valence-corrected chi connectivity index (χ1v) is 7.52. The van der Waals surface area contributed by atoms with Crippen LogP contribution >= 0.6 is 0 Å². The molecular weight excluding hydrogens is 308 g/mol. The fourth-order valence-electron chi connectivity index (χ4n) is 2.22. The molecule has 0 saturated heterocycles. The lowest BCUT2D eigenvalue weighted by Gasteiger charge is -2.15. The third kappa shape index (κ3) is 4.61. The summed E-state index contributed by atoms with van der Waals surface area (Å²) in [5.74, 6) is 1.59. The quantitative estimate of drug-likeness (QED) is 0.728. The van der Waals surface area contributed by atoms with E-state index in [-0.39, 0.29) is 0 Å². The highest BCUT2D eigenvalue weighted by Crippen LogP contribution is 2.17. The van der Waals surface area contributed by atoms with Crippen molar-refractivity contribution in [2.24, 2.45) is 0 Å². The van der Waals surface area contributed by atoms with Crippen molar-refractivity contribution >= 4 is 5.97 Å². The van der Waals surface area contributed by atoms with E-state index in [1.807, 2.05) is 11.9 Å². The SMILES string of the molecule is COC(=O)c1cc(CN(C)CCOc2ccc(C#N)cc2)oc1C. The van der Waals surface area contributed by atoms with Crippen LogP contribution in [0.15, 0.2) is 34.7 Å². The van der Waals surface area contributed by atoms with E-state index in [1.165, 1.54) is 7.11 Å². The molecule has 2 aromatic rings. The molecule has 1 aromatic carbocycles. The first-order valence-electron chi connectivity index (χ1n) is 7.52. The Bertz CT molecular complexity index is 728. The molecule has 0 atom stereocenters. The van der Waals surface area contributed by atoms with E-state index in [1.54, 1.807) is 37.3 Å². The fourth-order valence-corrected chi connectivity index (χ4v) is 2.22. The zero-order valence-corrected chi connectivity index (χ0v) is 14.0. The van der Waals surface area contributed by atoms with Gasteiger partial charge in [0.15, 0.2) is 0 Å². The van der Waals surface area contributed by atoms with Gasteiger partial charge < -0.3 is 13.9 Å². The van der Waals surface area contributed by atoms with Crippen molar-refractivity contribution in [2.75, 3.05) is 27.3 Å². The number of nitriles is 1. The summed E-state index contributed by atoms with van der Waals surface area (Å²) in [5, 5.41) is 8.75. The van der Waals surface area contributed by atoms with Crippen LogP contribution in [0.25, 0.3) is 0 Å². The molecule has 0 spiro atoms. The van der Waals surface area contributed by atoms with Gasteiger partial charge in [0.1, 0.15) is 29.4 Å². The van der Waals surface area contributed by atoms with Crippen molar-refractivity contribution in [3.8, 4) is 11.8 Å². The predicted molar refractivity (Wildman–Crippen MR) is 87.8 cm³/mol. The number of ether oxygens (including phenoxy) is 2. The molecular formula is C18H20N2O4. The zero-order valence-electron chi connectivity index (χ0n) is 14.0. The maximum absolute atomic E-state index is 11.6. The van der Waals surface area contributed by atoms with E-state index in [2.05, 4.69) is 6.07 Å². The standard InChI is InChI=1S/C18H20N2O4/c1-13-17(18(21)22-3)10-16(24-13)12-20(2)8-9-23-15-6-4-14(11-19)5-7-15/h4-7,10H,8-9,12H2,1-3H3. The van der Waals surface area contributed by atoms with E-state index < -0.39 is 5.97 Å². The van der Waals surface area contributed by atoms with Crippen LogP contribution in [0.1, 0.15) is 27.4 Å².